The maximum atomic E-state index is 9.43. The van der Waals surface area contributed by atoms with Crippen LogP contribution in [0.25, 0.3) is 0 Å². The van der Waals surface area contributed by atoms with Gasteiger partial charge in [-0.3, -0.25) is 4.79 Å². The first-order valence-electron chi connectivity index (χ1n) is 2.20. The molecule has 0 aromatic heterocycles. The topological polar surface area (TPSA) is 113 Å². The van der Waals surface area contributed by atoms with Crippen molar-refractivity contribution in [1.82, 2.24) is 4.90 Å². The number of carbonyl (C=O) groups excluding carboxylic acids is 1. The van der Waals surface area contributed by atoms with E-state index in [0.29, 0.717) is 0 Å². The summed E-state index contributed by atoms with van der Waals surface area (Å²) in [6.07, 6.45) is 0.750. The molecule has 0 unspecified atom stereocenters. The summed E-state index contributed by atoms with van der Waals surface area (Å²) < 4.78 is 0. The summed E-state index contributed by atoms with van der Waals surface area (Å²) in [6, 6.07) is 0. The quantitative estimate of drug-likeness (QED) is 0.351. The molecule has 0 saturated heterocycles. The first-order valence-corrected chi connectivity index (χ1v) is 3.84. The van der Waals surface area contributed by atoms with Gasteiger partial charge in [-0.05, 0) is 0 Å². The van der Waals surface area contributed by atoms with E-state index in [1.807, 2.05) is 0 Å². The summed E-state index contributed by atoms with van der Waals surface area (Å²) in [4.78, 5) is 45.2. The molecule has 0 spiro atoms. The molecule has 14 heavy (non-hydrogen) atoms. The number of amides is 1. The fourth-order valence-electron chi connectivity index (χ4n) is 0. The van der Waals surface area contributed by atoms with Gasteiger partial charge in [0.2, 0.25) is 6.41 Å². The summed E-state index contributed by atoms with van der Waals surface area (Å²) in [6.45, 7) is 0. The molecule has 11 heteroatoms. The zero-order valence-corrected chi connectivity index (χ0v) is 23.1. The van der Waals surface area contributed by atoms with Gasteiger partial charge in [-0.25, -0.2) is 0 Å². The average molecular weight is 322 g/mol. The van der Waals surface area contributed by atoms with E-state index in [1.54, 1.807) is 14.1 Å². The second-order valence-corrected chi connectivity index (χ2v) is 2.57. The first-order chi connectivity index (χ1) is 4.27. The minimum atomic E-state index is -5.61. The van der Waals surface area contributed by atoms with Crippen LogP contribution in [0.3, 0.4) is 0 Å². The van der Waals surface area contributed by atoms with E-state index in [2.05, 4.69) is 0 Å². The van der Waals surface area contributed by atoms with Crippen molar-refractivity contribution in [3.05, 3.63) is 0 Å². The molecular weight excluding hydrogens is 315 g/mol. The van der Waals surface area contributed by atoms with E-state index in [4.69, 9.17) is 19.2 Å². The van der Waals surface area contributed by atoms with Gasteiger partial charge in [0.1, 0.15) is 0 Å². The largest absolute Gasteiger partial charge is 1.00 e. The molecule has 0 aliphatic carbocycles. The van der Waals surface area contributed by atoms with E-state index >= 15 is 0 Å². The van der Waals surface area contributed by atoms with Crippen LogP contribution in [-0.4, -0.2) is 34.5 Å². The average Bonchev–Trinajstić information content (AvgIpc) is 1.61. The van der Waals surface area contributed by atoms with Crippen LogP contribution in [0.15, 0.2) is 0 Å². The molecule has 0 aliphatic rings. The van der Waals surface area contributed by atoms with Gasteiger partial charge in [-0.15, -0.1) is 0 Å². The minimum Gasteiger partial charge on any atom is -0.894 e. The monoisotopic (exact) mass is 321 g/mol. The van der Waals surface area contributed by atoms with Crippen LogP contribution in [0, 0.1) is 0 Å². The summed E-state index contributed by atoms with van der Waals surface area (Å²) in [5, 5.41) is 0. The molecular formula is C3H7K4NO5Si. The molecule has 0 radical (unpaired) electrons. The number of rotatable bonds is 1. The Morgan fingerprint density at radius 3 is 1.00 bits per heavy atom. The second-order valence-electron chi connectivity index (χ2n) is 1.57. The first kappa shape index (κ1) is 36.9. The van der Waals surface area contributed by atoms with Crippen molar-refractivity contribution in [2.75, 3.05) is 14.1 Å². The molecule has 0 heterocycles. The third kappa shape index (κ3) is 80.8. The molecule has 1 amide bonds. The maximum Gasteiger partial charge on any atom is 1.00 e. The van der Waals surface area contributed by atoms with Crippen molar-refractivity contribution in [3.63, 3.8) is 0 Å². The van der Waals surface area contributed by atoms with Gasteiger partial charge < -0.3 is 33.1 Å². The Balaban J connectivity index is -0.0000000178. The van der Waals surface area contributed by atoms with E-state index in [-0.39, 0.29) is 206 Å². The van der Waals surface area contributed by atoms with Crippen molar-refractivity contribution in [2.24, 2.45) is 0 Å². The van der Waals surface area contributed by atoms with Crippen LogP contribution < -0.4 is 225 Å². The Labute approximate surface area is 255 Å². The van der Waals surface area contributed by atoms with E-state index < -0.39 is 9.05 Å². The molecule has 0 fully saturated rings. The van der Waals surface area contributed by atoms with Gasteiger partial charge in [-0.1, -0.05) is 0 Å². The summed E-state index contributed by atoms with van der Waals surface area (Å²) in [5.74, 6) is 0. The number of carbonyl (C=O) groups is 1. The van der Waals surface area contributed by atoms with E-state index in [9.17, 15) is 4.79 Å². The number of hydrogen-bond acceptors (Lipinski definition) is 5. The number of hydrogen-bond donors (Lipinski definition) is 0. The zero-order valence-electron chi connectivity index (χ0n) is 9.57. The molecule has 0 aromatic carbocycles. The molecule has 0 bridgehead atoms. The van der Waals surface area contributed by atoms with Crippen molar-refractivity contribution in [2.45, 2.75) is 0 Å². The standard InChI is InChI=1S/C3H7NO.4K.O4Si/c1-4(2)3-5;;;;;1-5(2,3)4/h3H,1-2H3;;;;;/q;4*+1;-4. The van der Waals surface area contributed by atoms with Crippen LogP contribution in [-0.2, 0) is 4.79 Å². The molecule has 0 rings (SSSR count). The molecule has 6 nitrogen and oxygen atoms in total. The Morgan fingerprint density at radius 2 is 1.00 bits per heavy atom. The Hall–Kier alpha value is 6.07. The van der Waals surface area contributed by atoms with Crippen molar-refractivity contribution in [1.29, 1.82) is 0 Å². The summed E-state index contributed by atoms with van der Waals surface area (Å²) in [7, 11) is -2.24. The van der Waals surface area contributed by atoms with Crippen molar-refractivity contribution >= 4 is 15.5 Å². The predicted molar refractivity (Wildman–Crippen MR) is 25.5 cm³/mol. The third-order valence-corrected chi connectivity index (χ3v) is 0.211. The van der Waals surface area contributed by atoms with Gasteiger partial charge in [0.15, 0.2) is 0 Å². The van der Waals surface area contributed by atoms with Crippen molar-refractivity contribution < 1.29 is 230 Å². The fraction of sp³-hybridized carbons (Fsp3) is 0.667. The van der Waals surface area contributed by atoms with Crippen LogP contribution in [0.1, 0.15) is 0 Å². The van der Waals surface area contributed by atoms with Gasteiger partial charge in [-0.2, -0.15) is 0 Å². The fourth-order valence-corrected chi connectivity index (χ4v) is 0. The van der Waals surface area contributed by atoms with Crippen molar-refractivity contribution in [3.8, 4) is 0 Å². The number of nitrogens with zero attached hydrogens (tertiary/aromatic N) is 1. The summed E-state index contributed by atoms with van der Waals surface area (Å²) in [5.41, 5.74) is 0. The van der Waals surface area contributed by atoms with E-state index in [0.717, 1.165) is 6.41 Å². The molecule has 0 N–H and O–H groups in total. The zero-order chi connectivity index (χ0) is 8.78. The van der Waals surface area contributed by atoms with Crippen LogP contribution >= 0.6 is 0 Å². The normalized spacial score (nSPS) is 6.71. The Kier molecular flexibility index (Phi) is 63.5. The van der Waals surface area contributed by atoms with Crippen LogP contribution in [0.4, 0.5) is 0 Å². The predicted octanol–water partition coefficient (Wildman–Crippen LogP) is -17.4. The van der Waals surface area contributed by atoms with Gasteiger partial charge >= 0.3 is 206 Å². The third-order valence-electron chi connectivity index (χ3n) is 0.211. The second kappa shape index (κ2) is 24.1. The van der Waals surface area contributed by atoms with Crippen LogP contribution in [0.5, 0.6) is 0 Å². The van der Waals surface area contributed by atoms with Gasteiger partial charge in [0.25, 0.3) is 0 Å². The van der Waals surface area contributed by atoms with Crippen LogP contribution in [0.2, 0.25) is 0 Å². The van der Waals surface area contributed by atoms with Gasteiger partial charge in [0, 0.05) is 14.1 Å². The molecule has 62 valence electrons. The Bertz CT molecular complexity index is 95.5. The SMILES string of the molecule is CN(C)C=O.[K+].[K+].[K+].[K+].[O-][Si]([O-])([O-])[O-]. The van der Waals surface area contributed by atoms with Gasteiger partial charge in [0.05, 0.1) is 0 Å². The Morgan fingerprint density at radius 1 is 0.929 bits per heavy atom. The smallest absolute Gasteiger partial charge is 0.894 e. The maximum absolute atomic E-state index is 9.43. The molecule has 0 saturated carbocycles. The van der Waals surface area contributed by atoms with E-state index in [1.165, 1.54) is 4.90 Å². The molecule has 0 aliphatic heterocycles. The molecule has 0 aromatic rings. The summed E-state index contributed by atoms with van der Waals surface area (Å²) >= 11 is 0. The molecule has 0 atom stereocenters. The minimum absolute atomic E-state index is 0.